The van der Waals surface area contributed by atoms with Crippen LogP contribution in [0.25, 0.3) is 0 Å². The van der Waals surface area contributed by atoms with Gasteiger partial charge in [-0.1, -0.05) is 0 Å². The molecule has 0 aliphatic carbocycles. The van der Waals surface area contributed by atoms with Crippen LogP contribution in [-0.2, 0) is 6.42 Å². The van der Waals surface area contributed by atoms with Gasteiger partial charge in [0, 0.05) is 0 Å². The van der Waals surface area contributed by atoms with Gasteiger partial charge in [-0.3, -0.25) is 0 Å². The summed E-state index contributed by atoms with van der Waals surface area (Å²) in [5, 5.41) is 0. The predicted octanol–water partition coefficient (Wildman–Crippen LogP) is 0.897. The third-order valence-corrected chi connectivity index (χ3v) is 2.62. The Hall–Kier alpha value is 0.0382. The summed E-state index contributed by atoms with van der Waals surface area (Å²) < 4.78 is 1.48. The normalized spacial score (nSPS) is 9.80. The second-order valence-electron chi connectivity index (χ2n) is 2.49. The van der Waals surface area contributed by atoms with Crippen LogP contribution in [0.15, 0.2) is 24.3 Å². The van der Waals surface area contributed by atoms with Gasteiger partial charge in [0.2, 0.25) is 0 Å². The molecule has 0 aliphatic rings. The van der Waals surface area contributed by atoms with Crippen molar-refractivity contribution in [3.8, 4) is 0 Å². The molecule has 0 spiro atoms. The molecule has 0 N–H and O–H groups in total. The van der Waals surface area contributed by atoms with Gasteiger partial charge >= 0.3 is 76.1 Å². The summed E-state index contributed by atoms with van der Waals surface area (Å²) in [5.74, 6) is 0. The standard InChI is InChI=1S/C9H11.Sb.2H/c1-2-6-9-7-4-3-5-8-9;;;/h4-5,7-8H,2,6H2,1H3;;;. The minimum absolute atomic E-state index is 1.22. The fourth-order valence-corrected chi connectivity index (χ4v) is 1.52. The number of hydrogen-bond acceptors (Lipinski definition) is 0. The first kappa shape index (κ1) is 8.14. The molecule has 0 unspecified atom stereocenters. The zero-order valence-corrected chi connectivity index (χ0v) is 9.60. The van der Waals surface area contributed by atoms with Gasteiger partial charge in [0.1, 0.15) is 0 Å². The van der Waals surface area contributed by atoms with Gasteiger partial charge in [0.15, 0.2) is 0 Å². The number of rotatable bonds is 2. The third-order valence-electron chi connectivity index (χ3n) is 1.52. The molecule has 0 nitrogen and oxygen atoms in total. The molecular formula is C9H13Sb. The Kier molecular flexibility index (Phi) is 3.28. The van der Waals surface area contributed by atoms with E-state index in [1.165, 1.54) is 44.9 Å². The quantitative estimate of drug-likeness (QED) is 0.677. The molecule has 1 aromatic rings. The van der Waals surface area contributed by atoms with Crippen molar-refractivity contribution >= 4 is 26.5 Å². The van der Waals surface area contributed by atoms with Gasteiger partial charge in [-0.2, -0.15) is 0 Å². The summed E-state index contributed by atoms with van der Waals surface area (Å²) in [6.45, 7) is 2.22. The van der Waals surface area contributed by atoms with Crippen LogP contribution in [0.4, 0.5) is 0 Å². The first-order chi connectivity index (χ1) is 4.83. The summed E-state index contributed by atoms with van der Waals surface area (Å²) in [7, 11) is 0. The van der Waals surface area contributed by atoms with Gasteiger partial charge in [0.25, 0.3) is 0 Å². The summed E-state index contributed by atoms with van der Waals surface area (Å²) in [6, 6.07) is 8.94. The van der Waals surface area contributed by atoms with Crippen molar-refractivity contribution in [3.05, 3.63) is 29.8 Å². The Morgan fingerprint density at radius 2 is 1.80 bits per heavy atom. The Morgan fingerprint density at radius 1 is 1.20 bits per heavy atom. The fourth-order valence-electron chi connectivity index (χ4n) is 0.973. The van der Waals surface area contributed by atoms with Crippen LogP contribution in [0.3, 0.4) is 0 Å². The molecule has 1 aromatic carbocycles. The monoisotopic (exact) mass is 242 g/mol. The van der Waals surface area contributed by atoms with Crippen LogP contribution < -0.4 is 3.51 Å². The number of hydrogen-bond donors (Lipinski definition) is 0. The Labute approximate surface area is 76.1 Å². The molecular weight excluding hydrogens is 230 g/mol. The van der Waals surface area contributed by atoms with Crippen LogP contribution in [0.1, 0.15) is 18.9 Å². The maximum absolute atomic E-state index is 2.24. The second-order valence-corrected chi connectivity index (χ2v) is 4.39. The molecule has 0 atom stereocenters. The van der Waals surface area contributed by atoms with Gasteiger partial charge < -0.3 is 0 Å². The van der Waals surface area contributed by atoms with Crippen LogP contribution >= 0.6 is 0 Å². The minimum atomic E-state index is 1.22. The summed E-state index contributed by atoms with van der Waals surface area (Å²) in [5.41, 5.74) is 1.47. The predicted molar refractivity (Wildman–Crippen MR) is 48.6 cm³/mol. The Balaban J connectivity index is 2.69. The summed E-state index contributed by atoms with van der Waals surface area (Å²) in [6.07, 6.45) is 2.47. The van der Waals surface area contributed by atoms with E-state index in [0.29, 0.717) is 0 Å². The number of benzene rings is 1. The molecule has 54 valence electrons. The van der Waals surface area contributed by atoms with Crippen molar-refractivity contribution in [2.45, 2.75) is 19.8 Å². The van der Waals surface area contributed by atoms with E-state index < -0.39 is 0 Å². The summed E-state index contributed by atoms with van der Waals surface area (Å²) in [4.78, 5) is 0. The van der Waals surface area contributed by atoms with Crippen molar-refractivity contribution in [1.29, 1.82) is 0 Å². The molecule has 0 amide bonds. The zero-order valence-electron chi connectivity index (χ0n) is 6.30. The van der Waals surface area contributed by atoms with Gasteiger partial charge in [-0.15, -0.1) is 0 Å². The van der Waals surface area contributed by atoms with E-state index in [4.69, 9.17) is 0 Å². The fraction of sp³-hybridized carbons (Fsp3) is 0.333. The molecule has 0 saturated carbocycles. The average molecular weight is 243 g/mol. The van der Waals surface area contributed by atoms with E-state index in [1.54, 1.807) is 0 Å². The topological polar surface area (TPSA) is 0 Å². The van der Waals surface area contributed by atoms with E-state index in [9.17, 15) is 0 Å². The first-order valence-electron chi connectivity index (χ1n) is 3.67. The molecule has 0 fully saturated rings. The molecule has 0 saturated heterocycles. The maximum atomic E-state index is 2.24. The molecule has 0 bridgehead atoms. The SMILES string of the molecule is CCCc1cc[c]([SbH2])cc1. The zero-order chi connectivity index (χ0) is 7.40. The van der Waals surface area contributed by atoms with Crippen LogP contribution in [0.5, 0.6) is 0 Å². The van der Waals surface area contributed by atoms with E-state index in [2.05, 4.69) is 31.2 Å². The molecule has 0 heterocycles. The van der Waals surface area contributed by atoms with Crippen molar-refractivity contribution < 1.29 is 0 Å². The molecule has 1 heteroatoms. The van der Waals surface area contributed by atoms with E-state index in [0.717, 1.165) is 0 Å². The van der Waals surface area contributed by atoms with Gasteiger partial charge in [-0.05, 0) is 0 Å². The number of aryl methyl sites for hydroxylation is 1. The third kappa shape index (κ3) is 2.34. The van der Waals surface area contributed by atoms with Crippen molar-refractivity contribution in [2.75, 3.05) is 0 Å². The molecule has 1 rings (SSSR count). The summed E-state index contributed by atoms with van der Waals surface area (Å²) >= 11 is 1.24. The second kappa shape index (κ2) is 4.03. The van der Waals surface area contributed by atoms with Crippen molar-refractivity contribution in [1.82, 2.24) is 0 Å². The Morgan fingerprint density at radius 3 is 2.30 bits per heavy atom. The van der Waals surface area contributed by atoms with Gasteiger partial charge in [-0.25, -0.2) is 0 Å². The van der Waals surface area contributed by atoms with Crippen molar-refractivity contribution in [3.63, 3.8) is 0 Å². The van der Waals surface area contributed by atoms with Crippen LogP contribution in [-0.4, -0.2) is 23.0 Å². The van der Waals surface area contributed by atoms with Gasteiger partial charge in [0.05, 0.1) is 0 Å². The van der Waals surface area contributed by atoms with Crippen LogP contribution in [0.2, 0.25) is 0 Å². The molecule has 0 aliphatic heterocycles. The average Bonchev–Trinajstić information content (AvgIpc) is 1.95. The first-order valence-corrected chi connectivity index (χ1v) is 5.32. The molecule has 0 radical (unpaired) electrons. The van der Waals surface area contributed by atoms with E-state index >= 15 is 0 Å². The van der Waals surface area contributed by atoms with E-state index in [1.807, 2.05) is 0 Å². The van der Waals surface area contributed by atoms with E-state index in [-0.39, 0.29) is 0 Å². The molecule has 10 heavy (non-hydrogen) atoms. The van der Waals surface area contributed by atoms with Crippen molar-refractivity contribution in [2.24, 2.45) is 0 Å². The Bertz CT molecular complexity index is 188. The van der Waals surface area contributed by atoms with Crippen LogP contribution in [0, 0.1) is 0 Å². The molecule has 0 aromatic heterocycles.